The van der Waals surface area contributed by atoms with Gasteiger partial charge in [-0.3, -0.25) is 0 Å². The highest BCUT2D eigenvalue weighted by Gasteiger charge is 2.11. The van der Waals surface area contributed by atoms with E-state index in [0.29, 0.717) is 0 Å². The Labute approximate surface area is 110 Å². The van der Waals surface area contributed by atoms with Crippen molar-refractivity contribution in [3.63, 3.8) is 0 Å². The summed E-state index contributed by atoms with van der Waals surface area (Å²) >= 11 is 1.70. The van der Waals surface area contributed by atoms with Crippen molar-refractivity contribution in [2.45, 2.75) is 13.8 Å². The van der Waals surface area contributed by atoms with E-state index in [4.69, 9.17) is 10.7 Å². The van der Waals surface area contributed by atoms with Crippen molar-refractivity contribution in [2.24, 2.45) is 0 Å². The Morgan fingerprint density at radius 1 is 1.11 bits per heavy atom. The van der Waals surface area contributed by atoms with Gasteiger partial charge in [0.05, 0.1) is 10.2 Å². The molecule has 0 spiro atoms. The summed E-state index contributed by atoms with van der Waals surface area (Å²) in [5.41, 5.74) is 11.4. The predicted octanol–water partition coefficient (Wildman–Crippen LogP) is 4.16. The highest BCUT2D eigenvalue weighted by Crippen LogP contribution is 2.35. The molecule has 0 radical (unpaired) electrons. The number of aryl methyl sites for hydroxylation is 2. The molecule has 3 aromatic rings. The van der Waals surface area contributed by atoms with Crippen molar-refractivity contribution in [1.82, 2.24) is 4.98 Å². The first-order chi connectivity index (χ1) is 8.65. The van der Waals surface area contributed by atoms with E-state index in [2.05, 4.69) is 38.1 Å². The second kappa shape index (κ2) is 4.10. The molecule has 0 saturated carbocycles. The molecule has 3 rings (SSSR count). The topological polar surface area (TPSA) is 38.9 Å². The van der Waals surface area contributed by atoms with E-state index in [-0.39, 0.29) is 0 Å². The number of rotatable bonds is 1. The summed E-state index contributed by atoms with van der Waals surface area (Å²) in [6, 6.07) is 12.3. The monoisotopic (exact) mass is 254 g/mol. The molecule has 0 unspecified atom stereocenters. The number of nitrogens with two attached hydrogens (primary N) is 1. The second-order valence-corrected chi connectivity index (χ2v) is 5.56. The molecular weight excluding hydrogens is 240 g/mol. The first-order valence-electron chi connectivity index (χ1n) is 5.88. The van der Waals surface area contributed by atoms with Crippen molar-refractivity contribution in [1.29, 1.82) is 0 Å². The molecule has 3 heteroatoms. The van der Waals surface area contributed by atoms with Crippen molar-refractivity contribution in [2.75, 3.05) is 5.73 Å². The van der Waals surface area contributed by atoms with Gasteiger partial charge in [-0.05, 0) is 43.2 Å². The highest BCUT2D eigenvalue weighted by molar-refractivity contribution is 7.21. The normalized spacial score (nSPS) is 11.0. The fraction of sp³-hybridized carbons (Fsp3) is 0.133. The molecule has 2 nitrogen and oxygen atoms in total. The van der Waals surface area contributed by atoms with Crippen molar-refractivity contribution < 1.29 is 0 Å². The standard InChI is InChI=1S/C15H14N2S/c1-9-6-7-13-12(8-9)17-15(18-13)14-10(2)4-3-5-11(14)16/h3-8H,16H2,1-2H3. The Morgan fingerprint density at radius 3 is 2.72 bits per heavy atom. The SMILES string of the molecule is Cc1ccc2sc(-c3c(C)cccc3N)nc2c1. The predicted molar refractivity (Wildman–Crippen MR) is 78.9 cm³/mol. The van der Waals surface area contributed by atoms with Crippen LogP contribution in [0.1, 0.15) is 11.1 Å². The average Bonchev–Trinajstić information content (AvgIpc) is 2.71. The number of hydrogen-bond donors (Lipinski definition) is 1. The van der Waals surface area contributed by atoms with Crippen LogP contribution in [-0.2, 0) is 0 Å². The zero-order valence-electron chi connectivity index (χ0n) is 10.4. The number of aromatic nitrogens is 1. The van der Waals surface area contributed by atoms with Gasteiger partial charge in [0, 0.05) is 11.3 Å². The molecule has 90 valence electrons. The highest BCUT2D eigenvalue weighted by atomic mass is 32.1. The van der Waals surface area contributed by atoms with E-state index in [9.17, 15) is 0 Å². The van der Waals surface area contributed by atoms with E-state index in [1.54, 1.807) is 11.3 Å². The smallest absolute Gasteiger partial charge is 0.126 e. The number of benzene rings is 2. The maximum atomic E-state index is 6.07. The summed E-state index contributed by atoms with van der Waals surface area (Å²) in [6.45, 7) is 4.16. The number of thiazole rings is 1. The zero-order chi connectivity index (χ0) is 12.7. The van der Waals surface area contributed by atoms with Crippen molar-refractivity contribution in [3.05, 3.63) is 47.5 Å². The Kier molecular flexibility index (Phi) is 2.56. The molecule has 1 aromatic heterocycles. The van der Waals surface area contributed by atoms with Gasteiger partial charge in [-0.1, -0.05) is 18.2 Å². The number of nitrogens with zero attached hydrogens (tertiary/aromatic N) is 1. The van der Waals surface area contributed by atoms with E-state index in [1.807, 2.05) is 12.1 Å². The number of hydrogen-bond acceptors (Lipinski definition) is 3. The van der Waals surface area contributed by atoms with Crippen LogP contribution in [0.2, 0.25) is 0 Å². The lowest BCUT2D eigenvalue weighted by Gasteiger charge is -2.05. The molecule has 0 aliphatic heterocycles. The van der Waals surface area contributed by atoms with Gasteiger partial charge in [0.2, 0.25) is 0 Å². The Hall–Kier alpha value is -1.87. The summed E-state index contributed by atoms with van der Waals surface area (Å²) in [4.78, 5) is 4.70. The first kappa shape index (κ1) is 11.2. The second-order valence-electron chi connectivity index (χ2n) is 4.53. The molecular formula is C15H14N2S. The van der Waals surface area contributed by atoms with Crippen LogP contribution in [0, 0.1) is 13.8 Å². The summed E-state index contributed by atoms with van der Waals surface area (Å²) < 4.78 is 1.21. The van der Waals surface area contributed by atoms with E-state index in [1.165, 1.54) is 15.8 Å². The summed E-state index contributed by atoms with van der Waals surface area (Å²) in [7, 11) is 0. The lowest BCUT2D eigenvalue weighted by Crippen LogP contribution is -1.91. The first-order valence-corrected chi connectivity index (χ1v) is 6.69. The minimum Gasteiger partial charge on any atom is -0.398 e. The molecule has 2 aromatic carbocycles. The van der Waals surface area contributed by atoms with Crippen LogP contribution < -0.4 is 5.73 Å². The largest absolute Gasteiger partial charge is 0.398 e. The van der Waals surface area contributed by atoms with E-state index < -0.39 is 0 Å². The third-order valence-corrected chi connectivity index (χ3v) is 4.12. The summed E-state index contributed by atoms with van der Waals surface area (Å²) in [5.74, 6) is 0. The van der Waals surface area contributed by atoms with E-state index >= 15 is 0 Å². The van der Waals surface area contributed by atoms with Crippen LogP contribution in [0.15, 0.2) is 36.4 Å². The minimum atomic E-state index is 0.797. The van der Waals surface area contributed by atoms with Crippen LogP contribution in [0.25, 0.3) is 20.8 Å². The molecule has 0 aliphatic carbocycles. The average molecular weight is 254 g/mol. The number of nitrogen functional groups attached to an aromatic ring is 1. The summed E-state index contributed by atoms with van der Waals surface area (Å²) in [6.07, 6.45) is 0. The molecule has 0 fully saturated rings. The van der Waals surface area contributed by atoms with Gasteiger partial charge in [-0.2, -0.15) is 0 Å². The number of anilines is 1. The zero-order valence-corrected chi connectivity index (χ0v) is 11.2. The maximum Gasteiger partial charge on any atom is 0.126 e. The van der Waals surface area contributed by atoms with Crippen LogP contribution in [-0.4, -0.2) is 4.98 Å². The quantitative estimate of drug-likeness (QED) is 0.662. The van der Waals surface area contributed by atoms with Crippen LogP contribution >= 0.6 is 11.3 Å². The van der Waals surface area contributed by atoms with Crippen LogP contribution in [0.4, 0.5) is 5.69 Å². The van der Waals surface area contributed by atoms with Gasteiger partial charge in [0.25, 0.3) is 0 Å². The van der Waals surface area contributed by atoms with Gasteiger partial charge in [-0.25, -0.2) is 4.98 Å². The fourth-order valence-electron chi connectivity index (χ4n) is 2.13. The van der Waals surface area contributed by atoms with Crippen LogP contribution in [0.3, 0.4) is 0 Å². The maximum absolute atomic E-state index is 6.07. The van der Waals surface area contributed by atoms with Gasteiger partial charge < -0.3 is 5.73 Å². The molecule has 2 N–H and O–H groups in total. The van der Waals surface area contributed by atoms with Crippen molar-refractivity contribution >= 4 is 27.2 Å². The molecule has 0 amide bonds. The molecule has 1 heterocycles. The fourth-order valence-corrected chi connectivity index (χ4v) is 3.21. The summed E-state index contributed by atoms with van der Waals surface area (Å²) in [5, 5.41) is 1.01. The van der Waals surface area contributed by atoms with Crippen molar-refractivity contribution in [3.8, 4) is 10.6 Å². The van der Waals surface area contributed by atoms with E-state index in [0.717, 1.165) is 21.8 Å². The molecule has 0 atom stereocenters. The van der Waals surface area contributed by atoms with Gasteiger partial charge in [0.15, 0.2) is 0 Å². The lowest BCUT2D eigenvalue weighted by atomic mass is 10.1. The minimum absolute atomic E-state index is 0.797. The number of fused-ring (bicyclic) bond motifs is 1. The third-order valence-electron chi connectivity index (χ3n) is 3.06. The molecule has 0 aliphatic rings. The van der Waals surface area contributed by atoms with Crippen LogP contribution in [0.5, 0.6) is 0 Å². The molecule has 18 heavy (non-hydrogen) atoms. The van der Waals surface area contributed by atoms with Gasteiger partial charge in [-0.15, -0.1) is 11.3 Å². The molecule has 0 saturated heterocycles. The Balaban J connectivity index is 2.26. The lowest BCUT2D eigenvalue weighted by molar-refractivity contribution is 1.40. The Bertz CT molecular complexity index is 708. The van der Waals surface area contributed by atoms with Gasteiger partial charge in [0.1, 0.15) is 5.01 Å². The third kappa shape index (κ3) is 1.77. The Morgan fingerprint density at radius 2 is 1.94 bits per heavy atom. The molecule has 0 bridgehead atoms. The van der Waals surface area contributed by atoms with Gasteiger partial charge >= 0.3 is 0 Å².